The van der Waals surface area contributed by atoms with E-state index < -0.39 is 0 Å². The lowest BCUT2D eigenvalue weighted by Crippen LogP contribution is -2.50. The van der Waals surface area contributed by atoms with Crippen molar-refractivity contribution in [3.8, 4) is 5.75 Å². The van der Waals surface area contributed by atoms with Crippen LogP contribution in [-0.2, 0) is 16.0 Å². The molecule has 2 atom stereocenters. The molecular weight excluding hydrogens is 354 g/mol. The van der Waals surface area contributed by atoms with E-state index in [1.165, 1.54) is 5.56 Å². The minimum atomic E-state index is -0.0514. The van der Waals surface area contributed by atoms with Crippen molar-refractivity contribution in [2.24, 2.45) is 0 Å². The van der Waals surface area contributed by atoms with Gasteiger partial charge in [0.25, 0.3) is 0 Å². The maximum Gasteiger partial charge on any atom is 0.241 e. The molecule has 0 unspecified atom stereocenters. The van der Waals surface area contributed by atoms with Gasteiger partial charge in [-0.15, -0.1) is 0 Å². The summed E-state index contributed by atoms with van der Waals surface area (Å²) >= 11 is 0. The number of pyridine rings is 1. The smallest absolute Gasteiger partial charge is 0.241 e. The number of amides is 1. The van der Waals surface area contributed by atoms with E-state index in [9.17, 15) is 4.79 Å². The van der Waals surface area contributed by atoms with Crippen molar-refractivity contribution >= 4 is 11.6 Å². The molecule has 1 aromatic heterocycles. The van der Waals surface area contributed by atoms with Gasteiger partial charge < -0.3 is 14.4 Å². The highest BCUT2D eigenvalue weighted by atomic mass is 16.5. The molecule has 0 bridgehead atoms. The van der Waals surface area contributed by atoms with E-state index in [4.69, 9.17) is 9.47 Å². The van der Waals surface area contributed by atoms with E-state index in [1.54, 1.807) is 6.20 Å². The number of ether oxygens (including phenoxy) is 2. The molecule has 0 spiro atoms. The Labute approximate surface area is 166 Å². The molecule has 0 aliphatic carbocycles. The van der Waals surface area contributed by atoms with Gasteiger partial charge in [0.2, 0.25) is 5.91 Å². The molecule has 6 nitrogen and oxygen atoms in total. The molecule has 4 rings (SSSR count). The molecule has 3 heterocycles. The van der Waals surface area contributed by atoms with Gasteiger partial charge in [0, 0.05) is 31.0 Å². The minimum Gasteiger partial charge on any atom is -0.489 e. The third-order valence-corrected chi connectivity index (χ3v) is 5.44. The van der Waals surface area contributed by atoms with Crippen molar-refractivity contribution in [1.82, 2.24) is 9.88 Å². The number of hydrogen-bond acceptors (Lipinski definition) is 5. The van der Waals surface area contributed by atoms with Crippen LogP contribution in [-0.4, -0.2) is 60.8 Å². The summed E-state index contributed by atoms with van der Waals surface area (Å²) in [6.07, 6.45) is 2.63. The van der Waals surface area contributed by atoms with Crippen molar-refractivity contribution in [2.75, 3.05) is 37.7 Å². The van der Waals surface area contributed by atoms with Crippen LogP contribution in [0.2, 0.25) is 0 Å². The topological polar surface area (TPSA) is 54.9 Å². The van der Waals surface area contributed by atoms with Gasteiger partial charge in [-0.1, -0.05) is 18.2 Å². The van der Waals surface area contributed by atoms with Crippen molar-refractivity contribution in [3.63, 3.8) is 0 Å². The molecule has 2 aromatic rings. The Morgan fingerprint density at radius 1 is 1.29 bits per heavy atom. The SMILES string of the molecule is Cc1ncccc1OC[C@@H]1CN(CC(=O)N2c3ccccc3C[C@H]2C)CCO1. The monoisotopic (exact) mass is 381 g/mol. The minimum absolute atomic E-state index is 0.0514. The van der Waals surface area contributed by atoms with E-state index in [-0.39, 0.29) is 18.1 Å². The second-order valence-electron chi connectivity index (χ2n) is 7.57. The number of aromatic nitrogens is 1. The molecule has 148 valence electrons. The summed E-state index contributed by atoms with van der Waals surface area (Å²) in [5.74, 6) is 0.934. The second-order valence-corrected chi connectivity index (χ2v) is 7.57. The highest BCUT2D eigenvalue weighted by molar-refractivity contribution is 5.97. The van der Waals surface area contributed by atoms with Gasteiger partial charge in [0.1, 0.15) is 18.5 Å². The van der Waals surface area contributed by atoms with Crippen LogP contribution in [0, 0.1) is 6.92 Å². The average molecular weight is 381 g/mol. The van der Waals surface area contributed by atoms with Crippen LogP contribution in [0.4, 0.5) is 5.69 Å². The predicted molar refractivity (Wildman–Crippen MR) is 108 cm³/mol. The number of aryl methyl sites for hydroxylation is 1. The molecule has 0 radical (unpaired) electrons. The van der Waals surface area contributed by atoms with Crippen LogP contribution in [0.3, 0.4) is 0 Å². The summed E-state index contributed by atoms with van der Waals surface area (Å²) in [5.41, 5.74) is 3.18. The third kappa shape index (κ3) is 4.03. The van der Waals surface area contributed by atoms with Crippen molar-refractivity contribution in [1.29, 1.82) is 0 Å². The molecule has 2 aliphatic rings. The summed E-state index contributed by atoms with van der Waals surface area (Å²) in [4.78, 5) is 21.4. The summed E-state index contributed by atoms with van der Waals surface area (Å²) in [6, 6.07) is 12.2. The first kappa shape index (κ1) is 18.9. The Morgan fingerprint density at radius 3 is 3.00 bits per heavy atom. The fourth-order valence-corrected chi connectivity index (χ4v) is 4.04. The van der Waals surface area contributed by atoms with Gasteiger partial charge in [-0.3, -0.25) is 14.7 Å². The Hall–Kier alpha value is -2.44. The number of fused-ring (bicyclic) bond motifs is 1. The molecule has 0 N–H and O–H groups in total. The largest absolute Gasteiger partial charge is 0.489 e. The van der Waals surface area contributed by atoms with Crippen LogP contribution < -0.4 is 9.64 Å². The average Bonchev–Trinajstić information content (AvgIpc) is 3.03. The first-order valence-corrected chi connectivity index (χ1v) is 9.90. The molecule has 6 heteroatoms. The molecular formula is C22H27N3O3. The van der Waals surface area contributed by atoms with Gasteiger partial charge in [-0.25, -0.2) is 0 Å². The molecule has 1 saturated heterocycles. The first-order chi connectivity index (χ1) is 13.6. The van der Waals surface area contributed by atoms with Crippen molar-refractivity contribution < 1.29 is 14.3 Å². The van der Waals surface area contributed by atoms with Gasteiger partial charge in [-0.05, 0) is 44.0 Å². The number of rotatable bonds is 5. The maximum absolute atomic E-state index is 13.0. The highest BCUT2D eigenvalue weighted by Gasteiger charge is 2.32. The number of benzene rings is 1. The molecule has 1 amide bonds. The van der Waals surface area contributed by atoms with Gasteiger partial charge in [0.05, 0.1) is 18.8 Å². The van der Waals surface area contributed by atoms with Crippen LogP contribution >= 0.6 is 0 Å². The number of carbonyl (C=O) groups is 1. The molecule has 28 heavy (non-hydrogen) atoms. The number of carbonyl (C=O) groups excluding carboxylic acids is 1. The molecule has 0 saturated carbocycles. The zero-order valence-corrected chi connectivity index (χ0v) is 16.5. The van der Waals surface area contributed by atoms with Gasteiger partial charge in [0.15, 0.2) is 0 Å². The number of anilines is 1. The lowest BCUT2D eigenvalue weighted by atomic mass is 10.1. The van der Waals surface area contributed by atoms with Crippen LogP contribution in [0.5, 0.6) is 5.75 Å². The fraction of sp³-hybridized carbons (Fsp3) is 0.455. The molecule has 1 fully saturated rings. The highest BCUT2D eigenvalue weighted by Crippen LogP contribution is 2.32. The van der Waals surface area contributed by atoms with E-state index in [0.29, 0.717) is 26.3 Å². The van der Waals surface area contributed by atoms with Crippen LogP contribution in [0.25, 0.3) is 0 Å². The Balaban J connectivity index is 1.34. The second kappa shape index (κ2) is 8.29. The number of para-hydroxylation sites is 1. The number of hydrogen-bond donors (Lipinski definition) is 0. The van der Waals surface area contributed by atoms with Crippen LogP contribution in [0.15, 0.2) is 42.6 Å². The number of nitrogens with zero attached hydrogens (tertiary/aromatic N) is 3. The lowest BCUT2D eigenvalue weighted by molar-refractivity contribution is -0.122. The summed E-state index contributed by atoms with van der Waals surface area (Å²) < 4.78 is 11.7. The first-order valence-electron chi connectivity index (χ1n) is 9.90. The predicted octanol–water partition coefficient (Wildman–Crippen LogP) is 2.45. The van der Waals surface area contributed by atoms with E-state index in [1.807, 2.05) is 42.2 Å². The quantitative estimate of drug-likeness (QED) is 0.796. The Bertz CT molecular complexity index is 841. The summed E-state index contributed by atoms with van der Waals surface area (Å²) in [7, 11) is 0. The van der Waals surface area contributed by atoms with E-state index in [0.717, 1.165) is 30.1 Å². The summed E-state index contributed by atoms with van der Waals surface area (Å²) in [5, 5.41) is 0. The van der Waals surface area contributed by atoms with E-state index in [2.05, 4.69) is 22.9 Å². The zero-order valence-electron chi connectivity index (χ0n) is 16.5. The lowest BCUT2D eigenvalue weighted by Gasteiger charge is -2.34. The fourth-order valence-electron chi connectivity index (χ4n) is 4.04. The maximum atomic E-state index is 13.0. The Kier molecular flexibility index (Phi) is 5.59. The zero-order chi connectivity index (χ0) is 19.5. The van der Waals surface area contributed by atoms with Gasteiger partial charge in [-0.2, -0.15) is 0 Å². The van der Waals surface area contributed by atoms with Crippen molar-refractivity contribution in [3.05, 3.63) is 53.9 Å². The molecule has 2 aliphatic heterocycles. The number of morpholine rings is 1. The van der Waals surface area contributed by atoms with Crippen molar-refractivity contribution in [2.45, 2.75) is 32.4 Å². The van der Waals surface area contributed by atoms with E-state index >= 15 is 0 Å². The van der Waals surface area contributed by atoms with Crippen LogP contribution in [0.1, 0.15) is 18.2 Å². The third-order valence-electron chi connectivity index (χ3n) is 5.44. The molecule has 1 aromatic carbocycles. The normalized spacial score (nSPS) is 22.1. The standard InChI is InChI=1S/C22H27N3O3/c1-16-12-18-6-3-4-7-20(18)25(16)22(26)14-24-10-11-27-19(13-24)15-28-21-8-5-9-23-17(21)2/h3-9,16,19H,10-15H2,1-2H3/t16-,19+/m1/s1. The summed E-state index contributed by atoms with van der Waals surface area (Å²) in [6.45, 7) is 6.97. The Morgan fingerprint density at radius 2 is 2.14 bits per heavy atom. The van der Waals surface area contributed by atoms with Gasteiger partial charge >= 0.3 is 0 Å².